The third-order valence-electron chi connectivity index (χ3n) is 7.18. The second-order valence-electron chi connectivity index (χ2n) is 9.27. The van der Waals surface area contributed by atoms with Crippen molar-refractivity contribution in [2.45, 2.75) is 49.8 Å². The monoisotopic (exact) mass is 488 g/mol. The van der Waals surface area contributed by atoms with Gasteiger partial charge in [0.1, 0.15) is 11.1 Å². The van der Waals surface area contributed by atoms with E-state index in [0.717, 1.165) is 59.8 Å². The highest BCUT2D eigenvalue weighted by molar-refractivity contribution is 8.01. The Labute approximate surface area is 208 Å². The summed E-state index contributed by atoms with van der Waals surface area (Å²) in [5, 5.41) is 14.9. The van der Waals surface area contributed by atoms with E-state index in [0.29, 0.717) is 5.82 Å². The summed E-state index contributed by atoms with van der Waals surface area (Å²) in [5.74, 6) is -0.00807. The molecule has 1 spiro atoms. The van der Waals surface area contributed by atoms with Crippen molar-refractivity contribution >= 4 is 51.5 Å². The highest BCUT2D eigenvalue weighted by Crippen LogP contribution is 2.50. The average molecular weight is 489 g/mol. The molecule has 2 aromatic heterocycles. The molecule has 2 saturated carbocycles. The van der Waals surface area contributed by atoms with Gasteiger partial charge in [0.2, 0.25) is 0 Å². The number of aromatic nitrogens is 2. The van der Waals surface area contributed by atoms with E-state index < -0.39 is 17.4 Å². The van der Waals surface area contributed by atoms with Crippen LogP contribution < -0.4 is 5.32 Å². The molecule has 1 aromatic carbocycles. The first-order chi connectivity index (χ1) is 17.0. The van der Waals surface area contributed by atoms with Gasteiger partial charge in [-0.3, -0.25) is 14.8 Å². The lowest BCUT2D eigenvalue weighted by Gasteiger charge is -2.49. The van der Waals surface area contributed by atoms with Gasteiger partial charge in [-0.15, -0.1) is 11.8 Å². The average Bonchev–Trinajstić information content (AvgIpc) is 2.89. The van der Waals surface area contributed by atoms with Crippen molar-refractivity contribution in [3.8, 4) is 0 Å². The number of aliphatic imine (C=N–C) groups is 1. The molecule has 180 valence electrons. The van der Waals surface area contributed by atoms with Crippen molar-refractivity contribution < 1.29 is 14.7 Å². The number of carboxylic acids is 1. The SMILES string of the molecule is CSC1C(=O)C2(CCCCC2)C1=N[C@@H](Cc1ccc(Nc2nccc3ccncc23)cc1)C(=O)O. The number of benzene rings is 1. The molecule has 1 unspecified atom stereocenters. The van der Waals surface area contributed by atoms with Crippen molar-refractivity contribution in [3.63, 3.8) is 0 Å². The molecule has 3 aromatic rings. The van der Waals surface area contributed by atoms with Crippen LogP contribution in [0.2, 0.25) is 0 Å². The van der Waals surface area contributed by atoms with E-state index in [-0.39, 0.29) is 17.5 Å². The molecule has 0 saturated heterocycles. The smallest absolute Gasteiger partial charge is 0.328 e. The number of fused-ring (bicyclic) bond motifs is 1. The van der Waals surface area contributed by atoms with Crippen LogP contribution in [0.1, 0.15) is 37.7 Å². The Kier molecular flexibility index (Phi) is 6.56. The molecule has 5 rings (SSSR count). The maximum Gasteiger partial charge on any atom is 0.328 e. The number of anilines is 2. The van der Waals surface area contributed by atoms with Gasteiger partial charge in [-0.05, 0) is 54.3 Å². The number of aliphatic carboxylic acids is 1. The normalized spacial score (nSPS) is 21.1. The number of hydrogen-bond acceptors (Lipinski definition) is 7. The van der Waals surface area contributed by atoms with Crippen LogP contribution in [0.4, 0.5) is 11.5 Å². The Hall–Kier alpha value is -3.26. The fourth-order valence-electron chi connectivity index (χ4n) is 5.29. The minimum absolute atomic E-state index is 0.236. The summed E-state index contributed by atoms with van der Waals surface area (Å²) in [7, 11) is 0. The first-order valence-corrected chi connectivity index (χ1v) is 13.2. The van der Waals surface area contributed by atoms with E-state index >= 15 is 0 Å². The van der Waals surface area contributed by atoms with Crippen LogP contribution in [0.3, 0.4) is 0 Å². The molecule has 2 aliphatic rings. The summed E-state index contributed by atoms with van der Waals surface area (Å²) in [6.07, 6.45) is 12.2. The zero-order valence-corrected chi connectivity index (χ0v) is 20.4. The van der Waals surface area contributed by atoms with Gasteiger partial charge in [0.05, 0.1) is 5.41 Å². The van der Waals surface area contributed by atoms with Crippen molar-refractivity contribution in [1.29, 1.82) is 0 Å². The number of carboxylic acid groups (broad SMARTS) is 1. The fraction of sp³-hybridized carbons (Fsp3) is 0.370. The Morgan fingerprint density at radius 2 is 1.91 bits per heavy atom. The lowest BCUT2D eigenvalue weighted by Crippen LogP contribution is -2.62. The predicted octanol–water partition coefficient (Wildman–Crippen LogP) is 5.07. The number of ketones is 1. The molecule has 0 aliphatic heterocycles. The van der Waals surface area contributed by atoms with Crippen molar-refractivity contribution in [1.82, 2.24) is 9.97 Å². The largest absolute Gasteiger partial charge is 0.480 e. The first kappa shape index (κ1) is 23.5. The highest BCUT2D eigenvalue weighted by Gasteiger charge is 2.59. The maximum atomic E-state index is 12.9. The quantitative estimate of drug-likeness (QED) is 0.478. The van der Waals surface area contributed by atoms with Gasteiger partial charge in [-0.1, -0.05) is 31.4 Å². The van der Waals surface area contributed by atoms with Crippen molar-refractivity contribution in [2.24, 2.45) is 10.4 Å². The molecule has 2 atom stereocenters. The zero-order valence-electron chi connectivity index (χ0n) is 19.6. The highest BCUT2D eigenvalue weighted by atomic mass is 32.2. The van der Waals surface area contributed by atoms with E-state index in [2.05, 4.69) is 15.3 Å². The summed E-state index contributed by atoms with van der Waals surface area (Å²) >= 11 is 1.47. The zero-order chi connectivity index (χ0) is 24.4. The lowest BCUT2D eigenvalue weighted by atomic mass is 9.58. The number of rotatable bonds is 7. The molecular formula is C27H28N4O3S. The molecule has 2 aliphatic carbocycles. The number of hydrogen-bond donors (Lipinski definition) is 2. The van der Waals surface area contributed by atoms with Gasteiger partial charge in [0.25, 0.3) is 0 Å². The van der Waals surface area contributed by atoms with Crippen LogP contribution in [0, 0.1) is 5.41 Å². The summed E-state index contributed by atoms with van der Waals surface area (Å²) in [6.45, 7) is 0. The lowest BCUT2D eigenvalue weighted by molar-refractivity contribution is -0.138. The number of carbonyl (C=O) groups is 2. The standard InChI is InChI=1S/C27H28N4O3S/c1-35-22-23(27(24(22)32)11-3-2-4-12-27)31-21(26(33)34)15-17-5-7-19(8-6-17)30-25-20-16-28-13-9-18(20)10-14-29-25/h5-10,13-14,16,21-22H,2-4,11-12,15H2,1H3,(H,29,30)(H,33,34)/t21-,22?/m0/s1. The van der Waals surface area contributed by atoms with Crippen LogP contribution >= 0.6 is 11.8 Å². The summed E-state index contributed by atoms with van der Waals surface area (Å²) in [5.41, 5.74) is 2.01. The molecule has 2 fully saturated rings. The number of Topliss-reactive ketones (excluding diaryl/α,β-unsaturated/α-hetero) is 1. The molecule has 0 bridgehead atoms. The molecule has 35 heavy (non-hydrogen) atoms. The van der Waals surface area contributed by atoms with E-state index in [9.17, 15) is 14.7 Å². The van der Waals surface area contributed by atoms with E-state index in [4.69, 9.17) is 4.99 Å². The van der Waals surface area contributed by atoms with Crippen molar-refractivity contribution in [3.05, 3.63) is 60.6 Å². The van der Waals surface area contributed by atoms with Crippen molar-refractivity contribution in [2.75, 3.05) is 11.6 Å². The minimum atomic E-state index is -0.961. The van der Waals surface area contributed by atoms with Crippen LogP contribution in [0.25, 0.3) is 10.8 Å². The Bertz CT molecular complexity index is 1280. The Morgan fingerprint density at radius 3 is 2.63 bits per heavy atom. The predicted molar refractivity (Wildman–Crippen MR) is 140 cm³/mol. The van der Waals surface area contributed by atoms with Gasteiger partial charge in [0.15, 0.2) is 11.8 Å². The van der Waals surface area contributed by atoms with Gasteiger partial charge in [0, 0.05) is 41.8 Å². The first-order valence-electron chi connectivity index (χ1n) is 11.9. The topological polar surface area (TPSA) is 105 Å². The van der Waals surface area contributed by atoms with Crippen LogP contribution in [0.15, 0.2) is 60.0 Å². The van der Waals surface area contributed by atoms with Gasteiger partial charge in [-0.25, -0.2) is 9.78 Å². The minimum Gasteiger partial charge on any atom is -0.480 e. The maximum absolute atomic E-state index is 12.9. The Morgan fingerprint density at radius 1 is 1.17 bits per heavy atom. The van der Waals surface area contributed by atoms with Crippen LogP contribution in [-0.4, -0.2) is 50.1 Å². The molecule has 0 amide bonds. The number of thioether (sulfide) groups is 1. The third-order valence-corrected chi connectivity index (χ3v) is 8.09. The second kappa shape index (κ2) is 9.77. The van der Waals surface area contributed by atoms with Crippen LogP contribution in [-0.2, 0) is 16.0 Å². The summed E-state index contributed by atoms with van der Waals surface area (Å²) in [4.78, 5) is 38.4. The molecule has 0 radical (unpaired) electrons. The van der Waals surface area contributed by atoms with E-state index in [1.165, 1.54) is 11.8 Å². The van der Waals surface area contributed by atoms with Crippen LogP contribution in [0.5, 0.6) is 0 Å². The Balaban J connectivity index is 1.34. The number of nitrogens with zero attached hydrogens (tertiary/aromatic N) is 3. The molecule has 2 heterocycles. The number of carbonyl (C=O) groups excluding carboxylic acids is 1. The summed E-state index contributed by atoms with van der Waals surface area (Å²) in [6, 6.07) is 10.6. The van der Waals surface area contributed by atoms with E-state index in [1.54, 1.807) is 18.6 Å². The van der Waals surface area contributed by atoms with Gasteiger partial charge < -0.3 is 10.4 Å². The summed E-state index contributed by atoms with van der Waals surface area (Å²) < 4.78 is 0. The number of pyridine rings is 2. The molecule has 2 N–H and O–H groups in total. The van der Waals surface area contributed by atoms with Gasteiger partial charge in [-0.2, -0.15) is 0 Å². The van der Waals surface area contributed by atoms with E-state index in [1.807, 2.05) is 42.7 Å². The number of nitrogens with one attached hydrogen (secondary N) is 1. The second-order valence-corrected chi connectivity index (χ2v) is 10.2. The third kappa shape index (κ3) is 4.43. The fourth-order valence-corrected chi connectivity index (χ4v) is 6.24. The molecule has 8 heteroatoms. The van der Waals surface area contributed by atoms with Gasteiger partial charge >= 0.3 is 5.97 Å². The molecule has 7 nitrogen and oxygen atoms in total. The molecular weight excluding hydrogens is 460 g/mol.